The third-order valence-corrected chi connectivity index (χ3v) is 3.24. The number of aromatic nitrogens is 2. The molecule has 1 aromatic heterocycles. The molecule has 0 saturated carbocycles. The van der Waals surface area contributed by atoms with Crippen molar-refractivity contribution in [2.45, 2.75) is 12.8 Å². The first-order valence-corrected chi connectivity index (χ1v) is 6.00. The van der Waals surface area contributed by atoms with Crippen LogP contribution in [0.4, 0.5) is 14.9 Å². The van der Waals surface area contributed by atoms with Crippen LogP contribution in [0.25, 0.3) is 5.69 Å². The third-order valence-electron chi connectivity index (χ3n) is 3.24. The topological polar surface area (TPSA) is 58.4 Å². The van der Waals surface area contributed by atoms with Crippen molar-refractivity contribution in [2.24, 2.45) is 0 Å². The second kappa shape index (κ2) is 4.38. The molecule has 1 aliphatic rings. The van der Waals surface area contributed by atoms with Gasteiger partial charge in [0.1, 0.15) is 5.82 Å². The van der Waals surface area contributed by atoms with Crippen LogP contribution in [0.3, 0.4) is 0 Å². The third kappa shape index (κ3) is 1.95. The molecular weight excluding hydrogens is 249 g/mol. The molecule has 98 valence electrons. The summed E-state index contributed by atoms with van der Waals surface area (Å²) in [5, 5.41) is 13.4. The van der Waals surface area contributed by atoms with Gasteiger partial charge in [-0.25, -0.2) is 13.9 Å². The number of anilines is 1. The lowest BCUT2D eigenvalue weighted by Crippen LogP contribution is -2.34. The Morgan fingerprint density at radius 1 is 1.32 bits per heavy atom. The minimum atomic E-state index is -0.973. The summed E-state index contributed by atoms with van der Waals surface area (Å²) in [5.41, 5.74) is 2.19. The van der Waals surface area contributed by atoms with Crippen LogP contribution in [0, 0.1) is 5.82 Å². The average Bonchev–Trinajstić information content (AvgIpc) is 2.83. The maximum Gasteiger partial charge on any atom is 0.411 e. The SMILES string of the molecule is O=C(O)N1CCCc2c1cnn2-c1ccc(F)cc1. The molecule has 0 unspecified atom stereocenters. The highest BCUT2D eigenvalue weighted by molar-refractivity contribution is 5.87. The molecule has 0 fully saturated rings. The molecule has 0 bridgehead atoms. The van der Waals surface area contributed by atoms with E-state index in [4.69, 9.17) is 5.11 Å². The first kappa shape index (κ1) is 11.7. The van der Waals surface area contributed by atoms with Crippen molar-refractivity contribution in [3.63, 3.8) is 0 Å². The Hall–Kier alpha value is -2.37. The molecule has 0 spiro atoms. The van der Waals surface area contributed by atoms with Crippen LogP contribution in [0.15, 0.2) is 30.5 Å². The summed E-state index contributed by atoms with van der Waals surface area (Å²) in [7, 11) is 0. The Balaban J connectivity index is 2.05. The lowest BCUT2D eigenvalue weighted by molar-refractivity contribution is 0.201. The van der Waals surface area contributed by atoms with Gasteiger partial charge in [-0.2, -0.15) is 5.10 Å². The zero-order valence-corrected chi connectivity index (χ0v) is 10.1. The van der Waals surface area contributed by atoms with Crippen LogP contribution in [0.5, 0.6) is 0 Å². The number of fused-ring (bicyclic) bond motifs is 1. The van der Waals surface area contributed by atoms with Crippen molar-refractivity contribution >= 4 is 11.8 Å². The van der Waals surface area contributed by atoms with Crippen molar-refractivity contribution in [3.05, 3.63) is 42.0 Å². The largest absolute Gasteiger partial charge is 0.465 e. The Morgan fingerprint density at radius 3 is 2.74 bits per heavy atom. The summed E-state index contributed by atoms with van der Waals surface area (Å²) in [4.78, 5) is 12.4. The maximum absolute atomic E-state index is 12.9. The van der Waals surface area contributed by atoms with Crippen LogP contribution >= 0.6 is 0 Å². The molecule has 1 amide bonds. The van der Waals surface area contributed by atoms with Crippen LogP contribution < -0.4 is 4.90 Å². The quantitative estimate of drug-likeness (QED) is 0.857. The summed E-state index contributed by atoms with van der Waals surface area (Å²) in [6, 6.07) is 5.98. The van der Waals surface area contributed by atoms with E-state index < -0.39 is 6.09 Å². The Morgan fingerprint density at radius 2 is 2.05 bits per heavy atom. The van der Waals surface area contributed by atoms with E-state index in [1.807, 2.05) is 0 Å². The van der Waals surface area contributed by atoms with E-state index in [9.17, 15) is 9.18 Å². The first-order chi connectivity index (χ1) is 9.16. The summed E-state index contributed by atoms with van der Waals surface area (Å²) < 4.78 is 14.6. The number of rotatable bonds is 1. The van der Waals surface area contributed by atoms with E-state index in [0.29, 0.717) is 12.2 Å². The number of amides is 1. The second-order valence-electron chi connectivity index (χ2n) is 4.40. The standard InChI is InChI=1S/C13H12FN3O2/c14-9-3-5-10(6-4-9)17-11-2-1-7-16(13(18)19)12(11)8-15-17/h3-6,8H,1-2,7H2,(H,18,19). The number of nitrogens with zero attached hydrogens (tertiary/aromatic N) is 3. The molecule has 0 radical (unpaired) electrons. The van der Waals surface area contributed by atoms with Crippen LogP contribution in [0.1, 0.15) is 12.1 Å². The van der Waals surface area contributed by atoms with Gasteiger partial charge in [0.15, 0.2) is 0 Å². The average molecular weight is 261 g/mol. The van der Waals surface area contributed by atoms with Gasteiger partial charge >= 0.3 is 6.09 Å². The number of hydrogen-bond acceptors (Lipinski definition) is 2. The van der Waals surface area contributed by atoms with Crippen LogP contribution in [0.2, 0.25) is 0 Å². The summed E-state index contributed by atoms with van der Waals surface area (Å²) in [5.74, 6) is -0.308. The summed E-state index contributed by atoms with van der Waals surface area (Å²) in [6.07, 6.45) is 2.09. The van der Waals surface area contributed by atoms with E-state index in [0.717, 1.165) is 24.2 Å². The van der Waals surface area contributed by atoms with Gasteiger partial charge in [0.05, 0.1) is 23.3 Å². The van der Waals surface area contributed by atoms with Gasteiger partial charge in [-0.1, -0.05) is 0 Å². The minimum absolute atomic E-state index is 0.308. The van der Waals surface area contributed by atoms with Crippen LogP contribution in [-0.4, -0.2) is 27.5 Å². The van der Waals surface area contributed by atoms with Crippen molar-refractivity contribution in [1.82, 2.24) is 9.78 Å². The molecule has 6 heteroatoms. The smallest absolute Gasteiger partial charge is 0.411 e. The van der Waals surface area contributed by atoms with Gasteiger partial charge in [-0.15, -0.1) is 0 Å². The molecule has 3 rings (SSSR count). The normalized spacial score (nSPS) is 14.3. The first-order valence-electron chi connectivity index (χ1n) is 6.00. The van der Waals surface area contributed by atoms with Crippen molar-refractivity contribution in [3.8, 4) is 5.69 Å². The molecule has 0 atom stereocenters. The van der Waals surface area contributed by atoms with E-state index in [1.54, 1.807) is 23.0 Å². The lowest BCUT2D eigenvalue weighted by atomic mass is 10.1. The monoisotopic (exact) mass is 261 g/mol. The van der Waals surface area contributed by atoms with Crippen molar-refractivity contribution in [2.75, 3.05) is 11.4 Å². The van der Waals surface area contributed by atoms with Crippen LogP contribution in [-0.2, 0) is 6.42 Å². The molecule has 5 nitrogen and oxygen atoms in total. The molecule has 1 aromatic carbocycles. The Labute approximate surface area is 108 Å². The molecule has 1 aliphatic heterocycles. The van der Waals surface area contributed by atoms with E-state index >= 15 is 0 Å². The predicted octanol–water partition coefficient (Wildman–Crippen LogP) is 2.44. The van der Waals surface area contributed by atoms with Gasteiger partial charge in [0.2, 0.25) is 0 Å². The second-order valence-corrected chi connectivity index (χ2v) is 4.40. The number of hydrogen-bond donors (Lipinski definition) is 1. The number of halogens is 1. The highest BCUT2D eigenvalue weighted by Gasteiger charge is 2.26. The molecule has 0 aliphatic carbocycles. The number of benzene rings is 1. The van der Waals surface area contributed by atoms with Gasteiger partial charge < -0.3 is 5.11 Å². The fraction of sp³-hybridized carbons (Fsp3) is 0.231. The number of carbonyl (C=O) groups is 1. The molecular formula is C13H12FN3O2. The van der Waals surface area contributed by atoms with Gasteiger partial charge in [-0.3, -0.25) is 4.90 Å². The Bertz CT molecular complexity index is 621. The molecule has 2 heterocycles. The fourth-order valence-corrected chi connectivity index (χ4v) is 2.35. The molecule has 2 aromatic rings. The zero-order valence-electron chi connectivity index (χ0n) is 10.1. The van der Waals surface area contributed by atoms with Gasteiger partial charge in [0.25, 0.3) is 0 Å². The molecule has 0 saturated heterocycles. The summed E-state index contributed by atoms with van der Waals surface area (Å²) >= 11 is 0. The van der Waals surface area contributed by atoms with E-state index in [-0.39, 0.29) is 5.82 Å². The predicted molar refractivity (Wildman–Crippen MR) is 67.2 cm³/mol. The maximum atomic E-state index is 12.9. The highest BCUT2D eigenvalue weighted by atomic mass is 19.1. The fourth-order valence-electron chi connectivity index (χ4n) is 2.35. The van der Waals surface area contributed by atoms with Crippen molar-refractivity contribution in [1.29, 1.82) is 0 Å². The van der Waals surface area contributed by atoms with Crippen molar-refractivity contribution < 1.29 is 14.3 Å². The highest BCUT2D eigenvalue weighted by Crippen LogP contribution is 2.28. The number of carboxylic acid groups (broad SMARTS) is 1. The lowest BCUT2D eigenvalue weighted by Gasteiger charge is -2.24. The van der Waals surface area contributed by atoms with E-state index in [2.05, 4.69) is 5.10 Å². The zero-order chi connectivity index (χ0) is 13.4. The molecule has 1 N–H and O–H groups in total. The van der Waals surface area contributed by atoms with Gasteiger partial charge in [-0.05, 0) is 37.1 Å². The summed E-state index contributed by atoms with van der Waals surface area (Å²) in [6.45, 7) is 0.484. The van der Waals surface area contributed by atoms with Gasteiger partial charge in [0, 0.05) is 6.54 Å². The minimum Gasteiger partial charge on any atom is -0.465 e. The Kier molecular flexibility index (Phi) is 2.70. The molecule has 19 heavy (non-hydrogen) atoms. The van der Waals surface area contributed by atoms with E-state index in [1.165, 1.54) is 17.0 Å².